The highest BCUT2D eigenvalue weighted by Crippen LogP contribution is 2.29. The average molecular weight is 367 g/mol. The summed E-state index contributed by atoms with van der Waals surface area (Å²) in [7, 11) is 0. The fourth-order valence-electron chi connectivity index (χ4n) is 3.16. The first-order valence-corrected chi connectivity index (χ1v) is 8.81. The molecule has 1 heterocycles. The first-order chi connectivity index (χ1) is 11.0. The number of carbonyl (C=O) groups excluding carboxylic acids is 1. The minimum absolute atomic E-state index is 0. The zero-order valence-corrected chi connectivity index (χ0v) is 15.5. The first kappa shape index (κ1) is 18.8. The summed E-state index contributed by atoms with van der Waals surface area (Å²) in [4.78, 5) is 12.3. The molecule has 0 spiro atoms. The number of hydrogen-bond donors (Lipinski definition) is 2. The van der Waals surface area contributed by atoms with Gasteiger partial charge in [-0.05, 0) is 45.2 Å². The zero-order valence-electron chi connectivity index (χ0n) is 13.9. The first-order valence-electron chi connectivity index (χ1n) is 8.00. The number of aromatic nitrogens is 2. The molecule has 1 aromatic heterocycles. The van der Waals surface area contributed by atoms with Crippen LogP contribution in [0.1, 0.15) is 36.8 Å². The Balaban J connectivity index is 0.00000208. The lowest BCUT2D eigenvalue weighted by molar-refractivity contribution is -0.120. The van der Waals surface area contributed by atoms with E-state index in [2.05, 4.69) is 47.6 Å². The Bertz CT molecular complexity index is 698. The van der Waals surface area contributed by atoms with E-state index in [0.717, 1.165) is 36.3 Å². The fourth-order valence-corrected chi connectivity index (χ4v) is 3.90. The van der Waals surface area contributed by atoms with Crippen LogP contribution in [0.2, 0.25) is 0 Å². The summed E-state index contributed by atoms with van der Waals surface area (Å²) in [5.74, 6) is 0.00980. The number of benzene rings is 1. The number of nitrogens with one attached hydrogen (secondary N) is 1. The Kier molecular flexibility index (Phi) is 6.32. The van der Waals surface area contributed by atoms with Gasteiger partial charge >= 0.3 is 0 Å². The van der Waals surface area contributed by atoms with Crippen molar-refractivity contribution in [1.82, 2.24) is 10.2 Å². The van der Waals surface area contributed by atoms with Gasteiger partial charge in [-0.3, -0.25) is 4.79 Å². The summed E-state index contributed by atoms with van der Waals surface area (Å²) >= 11 is 1.41. The van der Waals surface area contributed by atoms with Crippen LogP contribution in [0.15, 0.2) is 18.2 Å². The van der Waals surface area contributed by atoms with Crippen molar-refractivity contribution >= 4 is 34.8 Å². The van der Waals surface area contributed by atoms with E-state index in [9.17, 15) is 4.79 Å². The molecule has 1 aliphatic carbocycles. The van der Waals surface area contributed by atoms with Crippen molar-refractivity contribution in [1.29, 1.82) is 0 Å². The number of aryl methyl sites for hydroxylation is 2. The van der Waals surface area contributed by atoms with Crippen LogP contribution >= 0.6 is 23.7 Å². The molecule has 24 heavy (non-hydrogen) atoms. The van der Waals surface area contributed by atoms with Crippen LogP contribution in [-0.4, -0.2) is 22.1 Å². The summed E-state index contributed by atoms with van der Waals surface area (Å²) in [5, 5.41) is 12.6. The topological polar surface area (TPSA) is 80.9 Å². The highest BCUT2D eigenvalue weighted by atomic mass is 35.5. The van der Waals surface area contributed by atoms with Crippen molar-refractivity contribution in [3.8, 4) is 10.6 Å². The van der Waals surface area contributed by atoms with Crippen molar-refractivity contribution in [3.63, 3.8) is 0 Å². The number of anilines is 1. The van der Waals surface area contributed by atoms with Crippen LogP contribution in [0.4, 0.5) is 5.13 Å². The molecule has 3 rings (SSSR count). The van der Waals surface area contributed by atoms with Gasteiger partial charge in [-0.25, -0.2) is 0 Å². The minimum atomic E-state index is -0.00712. The third-order valence-corrected chi connectivity index (χ3v) is 5.10. The van der Waals surface area contributed by atoms with Crippen molar-refractivity contribution in [2.75, 3.05) is 5.32 Å². The maximum absolute atomic E-state index is 12.3. The summed E-state index contributed by atoms with van der Waals surface area (Å²) in [6, 6.07) is 6.43. The molecule has 2 unspecified atom stereocenters. The number of nitrogens with zero attached hydrogens (tertiary/aromatic N) is 2. The molecule has 2 aromatic rings. The van der Waals surface area contributed by atoms with Gasteiger partial charge in [0, 0.05) is 17.5 Å². The number of nitrogens with two attached hydrogens (primary N) is 1. The predicted octanol–water partition coefficient (Wildman–Crippen LogP) is 3.70. The predicted molar refractivity (Wildman–Crippen MR) is 101 cm³/mol. The van der Waals surface area contributed by atoms with Gasteiger partial charge in [-0.2, -0.15) is 0 Å². The van der Waals surface area contributed by atoms with Crippen molar-refractivity contribution in [2.24, 2.45) is 11.7 Å². The van der Waals surface area contributed by atoms with Crippen LogP contribution in [0.25, 0.3) is 10.6 Å². The quantitative estimate of drug-likeness (QED) is 0.867. The highest BCUT2D eigenvalue weighted by molar-refractivity contribution is 7.18. The van der Waals surface area contributed by atoms with E-state index >= 15 is 0 Å². The van der Waals surface area contributed by atoms with E-state index in [-0.39, 0.29) is 30.3 Å². The molecular weight excluding hydrogens is 344 g/mol. The molecule has 0 bridgehead atoms. The molecule has 7 heteroatoms. The monoisotopic (exact) mass is 366 g/mol. The van der Waals surface area contributed by atoms with E-state index < -0.39 is 0 Å². The molecule has 0 aliphatic heterocycles. The summed E-state index contributed by atoms with van der Waals surface area (Å²) in [5.41, 5.74) is 9.38. The van der Waals surface area contributed by atoms with Crippen LogP contribution in [0.5, 0.6) is 0 Å². The van der Waals surface area contributed by atoms with Gasteiger partial charge in [0.25, 0.3) is 0 Å². The molecule has 130 valence electrons. The summed E-state index contributed by atoms with van der Waals surface area (Å²) in [6.07, 6.45) is 3.69. The van der Waals surface area contributed by atoms with Gasteiger partial charge in [0.1, 0.15) is 5.01 Å². The molecule has 1 fully saturated rings. The minimum Gasteiger partial charge on any atom is -0.328 e. The number of amides is 1. The number of hydrogen-bond acceptors (Lipinski definition) is 5. The van der Waals surface area contributed by atoms with Gasteiger partial charge < -0.3 is 11.1 Å². The normalized spacial score (nSPS) is 20.3. The summed E-state index contributed by atoms with van der Waals surface area (Å²) in [6.45, 7) is 4.12. The summed E-state index contributed by atoms with van der Waals surface area (Å²) < 4.78 is 0. The maximum Gasteiger partial charge on any atom is 0.229 e. The molecular formula is C17H23ClN4OS. The molecule has 2 atom stereocenters. The molecule has 1 amide bonds. The molecule has 1 saturated carbocycles. The smallest absolute Gasteiger partial charge is 0.229 e. The van der Waals surface area contributed by atoms with Crippen molar-refractivity contribution < 1.29 is 4.79 Å². The van der Waals surface area contributed by atoms with Crippen molar-refractivity contribution in [3.05, 3.63) is 29.3 Å². The maximum atomic E-state index is 12.3. The lowest BCUT2D eigenvalue weighted by atomic mass is 9.86. The Morgan fingerprint density at radius 1 is 1.21 bits per heavy atom. The number of halogens is 1. The van der Waals surface area contributed by atoms with E-state index in [0.29, 0.717) is 5.13 Å². The lowest BCUT2D eigenvalue weighted by Gasteiger charge is -2.25. The Morgan fingerprint density at radius 3 is 2.58 bits per heavy atom. The van der Waals surface area contributed by atoms with Gasteiger partial charge in [-0.1, -0.05) is 35.0 Å². The molecule has 1 aliphatic rings. The van der Waals surface area contributed by atoms with Crippen LogP contribution in [0.3, 0.4) is 0 Å². The Morgan fingerprint density at radius 2 is 1.92 bits per heavy atom. The van der Waals surface area contributed by atoms with Gasteiger partial charge in [0.15, 0.2) is 0 Å². The Hall–Kier alpha value is -1.50. The largest absolute Gasteiger partial charge is 0.328 e. The average Bonchev–Trinajstić information content (AvgIpc) is 2.95. The lowest BCUT2D eigenvalue weighted by Crippen LogP contribution is -2.34. The standard InChI is InChI=1S/C17H22N4OS.ClH/c1-10-6-11(2)8-13(7-10)16-20-21-17(23-16)19-15(22)12-4-3-5-14(18)9-12;/h6-8,12,14H,3-5,9,18H2,1-2H3,(H,19,21,22);1H. The van der Waals surface area contributed by atoms with E-state index in [1.54, 1.807) is 0 Å². The fraction of sp³-hybridized carbons (Fsp3) is 0.471. The van der Waals surface area contributed by atoms with Crippen LogP contribution in [0, 0.1) is 19.8 Å². The number of carbonyl (C=O) groups is 1. The molecule has 1 aromatic carbocycles. The van der Waals surface area contributed by atoms with E-state index in [4.69, 9.17) is 5.73 Å². The van der Waals surface area contributed by atoms with Gasteiger partial charge in [-0.15, -0.1) is 22.6 Å². The third-order valence-electron chi connectivity index (χ3n) is 4.21. The highest BCUT2D eigenvalue weighted by Gasteiger charge is 2.26. The molecule has 0 radical (unpaired) electrons. The van der Waals surface area contributed by atoms with Crippen LogP contribution in [-0.2, 0) is 4.79 Å². The van der Waals surface area contributed by atoms with Gasteiger partial charge in [0.05, 0.1) is 0 Å². The molecule has 3 N–H and O–H groups in total. The second kappa shape index (κ2) is 8.05. The van der Waals surface area contributed by atoms with Crippen LogP contribution < -0.4 is 11.1 Å². The van der Waals surface area contributed by atoms with Crippen molar-refractivity contribution in [2.45, 2.75) is 45.6 Å². The second-order valence-corrected chi connectivity index (χ2v) is 7.38. The zero-order chi connectivity index (χ0) is 16.4. The molecule has 0 saturated heterocycles. The van der Waals surface area contributed by atoms with Gasteiger partial charge in [0.2, 0.25) is 11.0 Å². The molecule has 5 nitrogen and oxygen atoms in total. The number of rotatable bonds is 3. The SMILES string of the molecule is Cc1cc(C)cc(-c2nnc(NC(=O)C3CCCC(N)C3)s2)c1.Cl. The second-order valence-electron chi connectivity index (χ2n) is 6.40. The third kappa shape index (κ3) is 4.53. The van der Waals surface area contributed by atoms with E-state index in [1.165, 1.54) is 22.5 Å². The van der Waals surface area contributed by atoms with E-state index in [1.807, 2.05) is 0 Å². The Labute approximate surface area is 152 Å².